The van der Waals surface area contributed by atoms with Gasteiger partial charge in [-0.1, -0.05) is 48.6 Å². The Morgan fingerprint density at radius 3 is 2.37 bits per heavy atom. The Hall–Kier alpha value is -3.28. The van der Waals surface area contributed by atoms with Gasteiger partial charge in [0.2, 0.25) is 0 Å². The van der Waals surface area contributed by atoms with Gasteiger partial charge in [0.05, 0.1) is 7.11 Å². The Morgan fingerprint density at radius 2 is 1.60 bits per heavy atom. The van der Waals surface area contributed by atoms with Crippen molar-refractivity contribution in [2.45, 2.75) is 6.10 Å². The molecule has 0 fully saturated rings. The minimum Gasteiger partial charge on any atom is -0.496 e. The van der Waals surface area contributed by atoms with Crippen molar-refractivity contribution in [3.63, 3.8) is 0 Å². The monoisotopic (exact) mass is 404 g/mol. The number of hydrogen-bond donors (Lipinski definition) is 3. The summed E-state index contributed by atoms with van der Waals surface area (Å²) in [6, 6.07) is 25.5. The molecule has 1 unspecified atom stereocenters. The van der Waals surface area contributed by atoms with Crippen LogP contribution in [-0.2, 0) is 0 Å². The third-order valence-corrected chi connectivity index (χ3v) is 4.44. The number of aliphatic hydroxyl groups excluding tert-OH is 1. The van der Waals surface area contributed by atoms with Crippen molar-refractivity contribution in [3.8, 4) is 11.5 Å². The van der Waals surface area contributed by atoms with Crippen LogP contribution in [-0.4, -0.2) is 38.0 Å². The van der Waals surface area contributed by atoms with Gasteiger partial charge >= 0.3 is 0 Å². The number of benzene rings is 3. The summed E-state index contributed by atoms with van der Waals surface area (Å²) in [7, 11) is 1.66. The van der Waals surface area contributed by atoms with Gasteiger partial charge in [-0.25, -0.2) is 0 Å². The lowest BCUT2D eigenvalue weighted by Gasteiger charge is -2.13. The van der Waals surface area contributed by atoms with E-state index in [2.05, 4.69) is 10.6 Å². The van der Waals surface area contributed by atoms with Gasteiger partial charge in [-0.2, -0.15) is 0 Å². The van der Waals surface area contributed by atoms with Crippen LogP contribution in [0.25, 0.3) is 6.08 Å². The second-order valence-electron chi connectivity index (χ2n) is 6.78. The first kappa shape index (κ1) is 21.4. The van der Waals surface area contributed by atoms with Crippen LogP contribution in [0, 0.1) is 0 Å². The second kappa shape index (κ2) is 11.7. The Labute approximate surface area is 178 Å². The van der Waals surface area contributed by atoms with Gasteiger partial charge in [-0.15, -0.1) is 0 Å². The first-order valence-electron chi connectivity index (χ1n) is 9.98. The van der Waals surface area contributed by atoms with Crippen molar-refractivity contribution in [3.05, 3.63) is 90.5 Å². The van der Waals surface area contributed by atoms with Crippen molar-refractivity contribution in [1.29, 1.82) is 0 Å². The van der Waals surface area contributed by atoms with E-state index in [-0.39, 0.29) is 6.61 Å². The summed E-state index contributed by atoms with van der Waals surface area (Å²) in [5, 5.41) is 16.6. The van der Waals surface area contributed by atoms with Crippen LogP contribution in [0.5, 0.6) is 11.5 Å². The SMILES string of the molecule is COc1ccccc1/C=C/CNCC(O)COc1ccc(Nc2ccccc2)cc1. The lowest BCUT2D eigenvalue weighted by atomic mass is 10.2. The lowest BCUT2D eigenvalue weighted by Crippen LogP contribution is -2.31. The minimum absolute atomic E-state index is 0.231. The van der Waals surface area contributed by atoms with E-state index < -0.39 is 6.10 Å². The Balaban J connectivity index is 1.35. The molecule has 30 heavy (non-hydrogen) atoms. The Bertz CT molecular complexity index is 911. The third-order valence-electron chi connectivity index (χ3n) is 4.44. The molecule has 0 bridgehead atoms. The van der Waals surface area contributed by atoms with Crippen molar-refractivity contribution in [1.82, 2.24) is 5.32 Å². The van der Waals surface area contributed by atoms with Crippen LogP contribution in [0.15, 0.2) is 84.9 Å². The second-order valence-corrected chi connectivity index (χ2v) is 6.78. The maximum absolute atomic E-state index is 10.1. The fourth-order valence-corrected chi connectivity index (χ4v) is 2.90. The fourth-order valence-electron chi connectivity index (χ4n) is 2.90. The third kappa shape index (κ3) is 6.95. The first-order valence-corrected chi connectivity index (χ1v) is 9.98. The first-order chi connectivity index (χ1) is 14.7. The fraction of sp³-hybridized carbons (Fsp3) is 0.200. The van der Waals surface area contributed by atoms with Crippen LogP contribution in [0.2, 0.25) is 0 Å². The van der Waals surface area contributed by atoms with E-state index in [0.29, 0.717) is 13.1 Å². The number of anilines is 2. The van der Waals surface area contributed by atoms with E-state index in [1.807, 2.05) is 91.0 Å². The average molecular weight is 405 g/mol. The molecule has 0 aliphatic carbocycles. The molecule has 3 N–H and O–H groups in total. The van der Waals surface area contributed by atoms with Gasteiger partial charge in [-0.05, 0) is 42.5 Å². The molecule has 5 nitrogen and oxygen atoms in total. The summed E-state index contributed by atoms with van der Waals surface area (Å²) in [6.45, 7) is 1.33. The molecule has 0 saturated carbocycles. The number of nitrogens with one attached hydrogen (secondary N) is 2. The Kier molecular flexibility index (Phi) is 8.33. The van der Waals surface area contributed by atoms with Crippen molar-refractivity contribution >= 4 is 17.5 Å². The van der Waals surface area contributed by atoms with E-state index in [9.17, 15) is 5.11 Å². The average Bonchev–Trinajstić information content (AvgIpc) is 2.79. The summed E-state index contributed by atoms with van der Waals surface area (Å²) >= 11 is 0. The van der Waals surface area contributed by atoms with Crippen LogP contribution in [0.3, 0.4) is 0 Å². The molecule has 0 spiro atoms. The summed E-state index contributed by atoms with van der Waals surface area (Å²) in [6.07, 6.45) is 3.41. The number of ether oxygens (including phenoxy) is 2. The number of methoxy groups -OCH3 is 1. The molecule has 0 heterocycles. The molecule has 3 rings (SSSR count). The maximum atomic E-state index is 10.1. The van der Waals surface area contributed by atoms with E-state index >= 15 is 0 Å². The summed E-state index contributed by atoms with van der Waals surface area (Å²) in [4.78, 5) is 0. The van der Waals surface area contributed by atoms with E-state index in [1.54, 1.807) is 7.11 Å². The molecular formula is C25H28N2O3. The van der Waals surface area contributed by atoms with Gasteiger partial charge in [0.15, 0.2) is 0 Å². The standard InChI is InChI=1S/C25H28N2O3/c1-29-25-12-6-5-8-20(25)9-7-17-26-18-23(28)19-30-24-15-13-22(14-16-24)27-21-10-3-2-4-11-21/h2-16,23,26-28H,17-19H2,1H3/b9-7+. The normalized spacial score (nSPS) is 11.9. The van der Waals surface area contributed by atoms with Gasteiger partial charge < -0.3 is 25.2 Å². The van der Waals surface area contributed by atoms with Crippen LogP contribution < -0.4 is 20.1 Å². The molecule has 0 amide bonds. The highest BCUT2D eigenvalue weighted by molar-refractivity contribution is 5.60. The van der Waals surface area contributed by atoms with Crippen molar-refractivity contribution < 1.29 is 14.6 Å². The zero-order valence-electron chi connectivity index (χ0n) is 17.1. The predicted molar refractivity (Wildman–Crippen MR) is 123 cm³/mol. The maximum Gasteiger partial charge on any atom is 0.126 e. The topological polar surface area (TPSA) is 62.8 Å². The highest BCUT2D eigenvalue weighted by Gasteiger charge is 2.05. The molecule has 156 valence electrons. The van der Waals surface area contributed by atoms with Crippen LogP contribution >= 0.6 is 0 Å². The van der Waals surface area contributed by atoms with Gasteiger partial charge in [0.1, 0.15) is 24.2 Å². The van der Waals surface area contributed by atoms with Gasteiger partial charge in [-0.3, -0.25) is 0 Å². The van der Waals surface area contributed by atoms with Crippen LogP contribution in [0.1, 0.15) is 5.56 Å². The Morgan fingerprint density at radius 1 is 0.900 bits per heavy atom. The summed E-state index contributed by atoms with van der Waals surface area (Å²) in [5.74, 6) is 1.57. The molecule has 1 atom stereocenters. The molecule has 0 aliphatic rings. The summed E-state index contributed by atoms with van der Waals surface area (Å²) < 4.78 is 11.0. The van der Waals surface area contributed by atoms with Crippen LogP contribution in [0.4, 0.5) is 11.4 Å². The number of hydrogen-bond acceptors (Lipinski definition) is 5. The largest absolute Gasteiger partial charge is 0.496 e. The number of rotatable bonds is 11. The minimum atomic E-state index is -0.591. The molecule has 3 aromatic carbocycles. The van der Waals surface area contributed by atoms with Crippen molar-refractivity contribution in [2.75, 3.05) is 32.1 Å². The zero-order chi connectivity index (χ0) is 21.0. The van der Waals surface area contributed by atoms with E-state index in [0.717, 1.165) is 28.4 Å². The molecule has 0 radical (unpaired) electrons. The molecule has 0 saturated heterocycles. The smallest absolute Gasteiger partial charge is 0.126 e. The highest BCUT2D eigenvalue weighted by Crippen LogP contribution is 2.20. The number of aliphatic hydroxyl groups is 1. The predicted octanol–water partition coefficient (Wildman–Crippen LogP) is 4.48. The molecular weight excluding hydrogens is 376 g/mol. The number of para-hydroxylation sites is 2. The van der Waals surface area contributed by atoms with Gasteiger partial charge in [0, 0.05) is 30.0 Å². The zero-order valence-corrected chi connectivity index (χ0v) is 17.1. The van der Waals surface area contributed by atoms with Crippen molar-refractivity contribution in [2.24, 2.45) is 0 Å². The quantitative estimate of drug-likeness (QED) is 0.411. The van der Waals surface area contributed by atoms with E-state index in [1.165, 1.54) is 0 Å². The molecule has 3 aromatic rings. The van der Waals surface area contributed by atoms with Gasteiger partial charge in [0.25, 0.3) is 0 Å². The summed E-state index contributed by atoms with van der Waals surface area (Å²) in [5.41, 5.74) is 3.04. The molecule has 5 heteroatoms. The lowest BCUT2D eigenvalue weighted by molar-refractivity contribution is 0.107. The molecule has 0 aliphatic heterocycles. The highest BCUT2D eigenvalue weighted by atomic mass is 16.5. The van der Waals surface area contributed by atoms with E-state index in [4.69, 9.17) is 9.47 Å². The molecule has 0 aromatic heterocycles.